The monoisotopic (exact) mass is 350 g/mol. The quantitative estimate of drug-likeness (QED) is 0.920. The standard InChI is InChI=1S/C14H15BrN4O2/c15-12-5-4-11(21-12)13(20)18-10-8-16-14(17-9-10)19-6-2-1-3-7-19/h4-5,8-9H,1-3,6-7H2,(H,18,20). The molecule has 0 aromatic carbocycles. The van der Waals surface area contributed by atoms with Crippen LogP contribution in [0, 0.1) is 0 Å². The molecule has 3 rings (SSSR count). The average Bonchev–Trinajstić information content (AvgIpc) is 2.96. The summed E-state index contributed by atoms with van der Waals surface area (Å²) in [7, 11) is 0. The second-order valence-electron chi connectivity index (χ2n) is 4.88. The van der Waals surface area contributed by atoms with Gasteiger partial charge in [0.1, 0.15) is 0 Å². The Bertz CT molecular complexity index is 620. The van der Waals surface area contributed by atoms with E-state index in [0.717, 1.165) is 13.1 Å². The summed E-state index contributed by atoms with van der Waals surface area (Å²) in [5.41, 5.74) is 0.549. The van der Waals surface area contributed by atoms with Gasteiger partial charge in [-0.05, 0) is 47.3 Å². The van der Waals surface area contributed by atoms with Crippen LogP contribution >= 0.6 is 15.9 Å². The Balaban J connectivity index is 1.65. The highest BCUT2D eigenvalue weighted by atomic mass is 79.9. The van der Waals surface area contributed by atoms with E-state index in [9.17, 15) is 4.79 Å². The molecule has 0 radical (unpaired) electrons. The summed E-state index contributed by atoms with van der Waals surface area (Å²) in [5, 5.41) is 2.70. The van der Waals surface area contributed by atoms with Gasteiger partial charge in [-0.2, -0.15) is 0 Å². The van der Waals surface area contributed by atoms with Crippen molar-refractivity contribution in [2.45, 2.75) is 19.3 Å². The van der Waals surface area contributed by atoms with Gasteiger partial charge < -0.3 is 14.6 Å². The first-order chi connectivity index (χ1) is 10.2. The Kier molecular flexibility index (Phi) is 4.19. The number of carbonyl (C=O) groups excluding carboxylic acids is 1. The number of nitrogens with one attached hydrogen (secondary N) is 1. The lowest BCUT2D eigenvalue weighted by molar-refractivity contribution is 0.0995. The van der Waals surface area contributed by atoms with E-state index < -0.39 is 0 Å². The zero-order chi connectivity index (χ0) is 14.7. The molecular weight excluding hydrogens is 336 g/mol. The second-order valence-corrected chi connectivity index (χ2v) is 5.66. The van der Waals surface area contributed by atoms with Crippen molar-refractivity contribution in [2.75, 3.05) is 23.3 Å². The number of piperidine rings is 1. The number of anilines is 2. The van der Waals surface area contributed by atoms with Gasteiger partial charge in [0.25, 0.3) is 5.91 Å². The number of hydrogen-bond donors (Lipinski definition) is 1. The molecule has 1 aliphatic rings. The molecule has 6 nitrogen and oxygen atoms in total. The van der Waals surface area contributed by atoms with Crippen molar-refractivity contribution < 1.29 is 9.21 Å². The fourth-order valence-electron chi connectivity index (χ4n) is 2.27. The number of rotatable bonds is 3. The van der Waals surface area contributed by atoms with Gasteiger partial charge in [0.15, 0.2) is 10.4 Å². The highest BCUT2D eigenvalue weighted by Crippen LogP contribution is 2.18. The summed E-state index contributed by atoms with van der Waals surface area (Å²) >= 11 is 3.16. The summed E-state index contributed by atoms with van der Waals surface area (Å²) < 4.78 is 5.71. The van der Waals surface area contributed by atoms with Crippen molar-refractivity contribution in [3.8, 4) is 0 Å². The van der Waals surface area contributed by atoms with Gasteiger partial charge in [-0.1, -0.05) is 0 Å². The number of carbonyl (C=O) groups is 1. The maximum atomic E-state index is 11.9. The Morgan fingerprint density at radius 2 is 1.90 bits per heavy atom. The Morgan fingerprint density at radius 3 is 2.52 bits per heavy atom. The van der Waals surface area contributed by atoms with Crippen molar-refractivity contribution in [1.82, 2.24) is 9.97 Å². The normalized spacial score (nSPS) is 15.0. The van der Waals surface area contributed by atoms with Gasteiger partial charge in [-0.25, -0.2) is 9.97 Å². The zero-order valence-corrected chi connectivity index (χ0v) is 13.0. The summed E-state index contributed by atoms with van der Waals surface area (Å²) in [6.45, 7) is 1.98. The van der Waals surface area contributed by atoms with Crippen LogP contribution < -0.4 is 10.2 Å². The molecule has 21 heavy (non-hydrogen) atoms. The first-order valence-electron chi connectivity index (χ1n) is 6.86. The van der Waals surface area contributed by atoms with E-state index >= 15 is 0 Å². The van der Waals surface area contributed by atoms with Gasteiger partial charge in [0.05, 0.1) is 18.1 Å². The minimum atomic E-state index is -0.324. The molecule has 1 saturated heterocycles. The van der Waals surface area contributed by atoms with E-state index in [0.29, 0.717) is 16.3 Å². The van der Waals surface area contributed by atoms with Crippen LogP contribution in [0.3, 0.4) is 0 Å². The molecule has 2 aromatic heterocycles. The lowest BCUT2D eigenvalue weighted by Gasteiger charge is -2.26. The third-order valence-electron chi connectivity index (χ3n) is 3.33. The minimum Gasteiger partial charge on any atom is -0.444 e. The van der Waals surface area contributed by atoms with E-state index in [1.165, 1.54) is 19.3 Å². The molecule has 0 bridgehead atoms. The Labute approximate surface area is 130 Å². The summed E-state index contributed by atoms with van der Waals surface area (Å²) in [6.07, 6.45) is 6.85. The lowest BCUT2D eigenvalue weighted by Crippen LogP contribution is -2.30. The van der Waals surface area contributed by atoms with Crippen LogP contribution in [-0.4, -0.2) is 29.0 Å². The summed E-state index contributed by atoms with van der Waals surface area (Å²) in [4.78, 5) is 22.7. The molecule has 1 aliphatic heterocycles. The maximum Gasteiger partial charge on any atom is 0.291 e. The smallest absolute Gasteiger partial charge is 0.291 e. The highest BCUT2D eigenvalue weighted by molar-refractivity contribution is 9.10. The van der Waals surface area contributed by atoms with Crippen molar-refractivity contribution in [3.63, 3.8) is 0 Å². The Morgan fingerprint density at radius 1 is 1.19 bits per heavy atom. The first-order valence-corrected chi connectivity index (χ1v) is 7.65. The van der Waals surface area contributed by atoms with Crippen LogP contribution in [0.1, 0.15) is 29.8 Å². The molecule has 0 spiro atoms. The van der Waals surface area contributed by atoms with E-state index in [1.54, 1.807) is 24.5 Å². The van der Waals surface area contributed by atoms with Crippen LogP contribution in [0.5, 0.6) is 0 Å². The lowest BCUT2D eigenvalue weighted by atomic mass is 10.1. The minimum absolute atomic E-state index is 0.238. The predicted molar refractivity (Wildman–Crippen MR) is 82.5 cm³/mol. The molecule has 7 heteroatoms. The number of nitrogens with zero attached hydrogens (tertiary/aromatic N) is 3. The van der Waals surface area contributed by atoms with Crippen LogP contribution in [0.2, 0.25) is 0 Å². The maximum absolute atomic E-state index is 11.9. The zero-order valence-electron chi connectivity index (χ0n) is 11.4. The van der Waals surface area contributed by atoms with Gasteiger partial charge >= 0.3 is 0 Å². The highest BCUT2D eigenvalue weighted by Gasteiger charge is 2.14. The molecule has 0 aliphatic carbocycles. The van der Waals surface area contributed by atoms with Crippen molar-refractivity contribution in [1.29, 1.82) is 0 Å². The summed E-state index contributed by atoms with van der Waals surface area (Å²) in [6, 6.07) is 3.27. The fraction of sp³-hybridized carbons (Fsp3) is 0.357. The number of amides is 1. The van der Waals surface area contributed by atoms with E-state index in [-0.39, 0.29) is 11.7 Å². The molecule has 2 aromatic rings. The molecule has 0 saturated carbocycles. The van der Waals surface area contributed by atoms with Crippen molar-refractivity contribution >= 4 is 33.5 Å². The van der Waals surface area contributed by atoms with Crippen LogP contribution in [0.4, 0.5) is 11.6 Å². The van der Waals surface area contributed by atoms with Gasteiger partial charge in [-0.3, -0.25) is 4.79 Å². The molecule has 1 amide bonds. The largest absolute Gasteiger partial charge is 0.444 e. The van der Waals surface area contributed by atoms with E-state index in [4.69, 9.17) is 4.42 Å². The average molecular weight is 351 g/mol. The van der Waals surface area contributed by atoms with Gasteiger partial charge in [0, 0.05) is 13.1 Å². The topological polar surface area (TPSA) is 71.3 Å². The molecule has 110 valence electrons. The molecule has 0 atom stereocenters. The van der Waals surface area contributed by atoms with Crippen LogP contribution in [0.25, 0.3) is 0 Å². The first kappa shape index (κ1) is 14.1. The molecule has 1 N–H and O–H groups in total. The van der Waals surface area contributed by atoms with Gasteiger partial charge in [0.2, 0.25) is 5.95 Å². The van der Waals surface area contributed by atoms with Gasteiger partial charge in [-0.15, -0.1) is 0 Å². The third kappa shape index (κ3) is 3.41. The second kappa shape index (κ2) is 6.26. The van der Waals surface area contributed by atoms with Crippen molar-refractivity contribution in [2.24, 2.45) is 0 Å². The SMILES string of the molecule is O=C(Nc1cnc(N2CCCCC2)nc1)c1ccc(Br)o1. The number of halogens is 1. The van der Waals surface area contributed by atoms with E-state index in [1.807, 2.05) is 0 Å². The number of furan rings is 1. The number of aromatic nitrogens is 2. The molecular formula is C14H15BrN4O2. The molecule has 3 heterocycles. The molecule has 1 fully saturated rings. The Hall–Kier alpha value is -1.89. The molecule has 0 unspecified atom stereocenters. The van der Waals surface area contributed by atoms with Crippen LogP contribution in [0.15, 0.2) is 33.6 Å². The van der Waals surface area contributed by atoms with Crippen LogP contribution in [-0.2, 0) is 0 Å². The predicted octanol–water partition coefficient (Wildman–Crippen LogP) is 3.07. The number of hydrogen-bond acceptors (Lipinski definition) is 5. The van der Waals surface area contributed by atoms with E-state index in [2.05, 4.69) is 36.1 Å². The van der Waals surface area contributed by atoms with Crippen molar-refractivity contribution in [3.05, 3.63) is 35.0 Å². The fourth-order valence-corrected chi connectivity index (χ4v) is 2.58. The summed E-state index contributed by atoms with van der Waals surface area (Å²) in [5.74, 6) is 0.630. The third-order valence-corrected chi connectivity index (χ3v) is 3.76.